The Bertz CT molecular complexity index is 1070. The van der Waals surface area contributed by atoms with Crippen molar-refractivity contribution < 1.29 is 19.3 Å². The molecule has 7 nitrogen and oxygen atoms in total. The summed E-state index contributed by atoms with van der Waals surface area (Å²) in [5.74, 6) is 1.31. The van der Waals surface area contributed by atoms with Gasteiger partial charge >= 0.3 is 0 Å². The monoisotopic (exact) mass is 423 g/mol. The number of nitrogens with one attached hydrogen (secondary N) is 1. The van der Waals surface area contributed by atoms with E-state index in [9.17, 15) is 5.11 Å². The molecule has 7 heteroatoms. The average molecular weight is 424 g/mol. The maximum Gasteiger partial charge on any atom is 0.198 e. The molecule has 1 fully saturated rings. The zero-order chi connectivity index (χ0) is 21.8. The SMILES string of the molecule is CCC(=Nc1ccc(CN2CCOCC2)cc1)c1c(O)[nH]c2cc(OC)c(OC)cc12. The molecule has 164 valence electrons. The Balaban J connectivity index is 1.63. The number of hydrogen-bond acceptors (Lipinski definition) is 6. The number of fused-ring (bicyclic) bond motifs is 1. The molecule has 0 saturated carbocycles. The van der Waals surface area contributed by atoms with E-state index in [-0.39, 0.29) is 5.88 Å². The van der Waals surface area contributed by atoms with Gasteiger partial charge in [0.05, 0.1) is 49.9 Å². The third-order valence-electron chi connectivity index (χ3n) is 5.62. The van der Waals surface area contributed by atoms with Crippen molar-refractivity contribution in [1.82, 2.24) is 9.88 Å². The summed E-state index contributed by atoms with van der Waals surface area (Å²) in [5.41, 5.74) is 4.38. The van der Waals surface area contributed by atoms with Gasteiger partial charge in [-0.3, -0.25) is 9.89 Å². The molecule has 31 heavy (non-hydrogen) atoms. The van der Waals surface area contributed by atoms with Crippen molar-refractivity contribution in [3.05, 3.63) is 47.5 Å². The molecular weight excluding hydrogens is 394 g/mol. The molecule has 0 bridgehead atoms. The van der Waals surface area contributed by atoms with Crippen LogP contribution in [0.1, 0.15) is 24.5 Å². The summed E-state index contributed by atoms with van der Waals surface area (Å²) >= 11 is 0. The maximum absolute atomic E-state index is 10.6. The number of aromatic nitrogens is 1. The van der Waals surface area contributed by atoms with E-state index in [0.717, 1.165) is 55.2 Å². The fourth-order valence-electron chi connectivity index (χ4n) is 3.96. The van der Waals surface area contributed by atoms with Crippen LogP contribution >= 0.6 is 0 Å². The number of aromatic hydroxyl groups is 1. The predicted molar refractivity (Wildman–Crippen MR) is 122 cm³/mol. The molecule has 0 radical (unpaired) electrons. The number of morpholine rings is 1. The number of aliphatic imine (C=N–C) groups is 1. The first-order valence-electron chi connectivity index (χ1n) is 10.6. The normalized spacial score (nSPS) is 15.4. The van der Waals surface area contributed by atoms with Gasteiger partial charge in [-0.25, -0.2) is 0 Å². The largest absolute Gasteiger partial charge is 0.494 e. The maximum atomic E-state index is 10.6. The van der Waals surface area contributed by atoms with Crippen LogP contribution in [-0.4, -0.2) is 61.2 Å². The van der Waals surface area contributed by atoms with Gasteiger partial charge in [0.15, 0.2) is 17.4 Å². The first-order valence-corrected chi connectivity index (χ1v) is 10.6. The number of aromatic amines is 1. The second-order valence-corrected chi connectivity index (χ2v) is 7.57. The summed E-state index contributed by atoms with van der Waals surface area (Å²) in [6.45, 7) is 6.48. The minimum atomic E-state index is 0.0924. The number of hydrogen-bond donors (Lipinski definition) is 2. The molecule has 1 aliphatic heterocycles. The van der Waals surface area contributed by atoms with E-state index >= 15 is 0 Å². The summed E-state index contributed by atoms with van der Waals surface area (Å²) < 4.78 is 16.2. The van der Waals surface area contributed by atoms with Crippen LogP contribution in [0.25, 0.3) is 10.9 Å². The second kappa shape index (κ2) is 9.41. The van der Waals surface area contributed by atoms with Crippen LogP contribution in [0.2, 0.25) is 0 Å². The van der Waals surface area contributed by atoms with E-state index in [1.165, 1.54) is 5.56 Å². The highest BCUT2D eigenvalue weighted by molar-refractivity contribution is 6.14. The van der Waals surface area contributed by atoms with Crippen molar-refractivity contribution in [2.75, 3.05) is 40.5 Å². The zero-order valence-corrected chi connectivity index (χ0v) is 18.3. The van der Waals surface area contributed by atoms with Gasteiger partial charge in [0, 0.05) is 31.1 Å². The lowest BCUT2D eigenvalue weighted by atomic mass is 10.1. The summed E-state index contributed by atoms with van der Waals surface area (Å²) in [6, 6.07) is 12.0. The fourth-order valence-corrected chi connectivity index (χ4v) is 3.96. The Kier molecular flexibility index (Phi) is 6.44. The van der Waals surface area contributed by atoms with E-state index < -0.39 is 0 Å². The Hall–Kier alpha value is -3.03. The fraction of sp³-hybridized carbons (Fsp3) is 0.375. The van der Waals surface area contributed by atoms with Crippen LogP contribution < -0.4 is 9.47 Å². The topological polar surface area (TPSA) is 79.3 Å². The minimum absolute atomic E-state index is 0.0924. The first kappa shape index (κ1) is 21.2. The third kappa shape index (κ3) is 4.52. The Morgan fingerprint density at radius 2 is 1.77 bits per heavy atom. The van der Waals surface area contributed by atoms with Crippen LogP contribution in [0.5, 0.6) is 17.4 Å². The van der Waals surface area contributed by atoms with Crippen LogP contribution in [-0.2, 0) is 11.3 Å². The van der Waals surface area contributed by atoms with Crippen molar-refractivity contribution in [2.45, 2.75) is 19.9 Å². The van der Waals surface area contributed by atoms with Crippen molar-refractivity contribution >= 4 is 22.3 Å². The number of nitrogens with zero attached hydrogens (tertiary/aromatic N) is 2. The number of benzene rings is 2. The molecular formula is C24H29N3O4. The smallest absolute Gasteiger partial charge is 0.198 e. The molecule has 1 saturated heterocycles. The van der Waals surface area contributed by atoms with Gasteiger partial charge in [0.25, 0.3) is 0 Å². The second-order valence-electron chi connectivity index (χ2n) is 7.57. The average Bonchev–Trinajstić information content (AvgIpc) is 3.12. The van der Waals surface area contributed by atoms with Crippen molar-refractivity contribution in [3.63, 3.8) is 0 Å². The Morgan fingerprint density at radius 1 is 1.10 bits per heavy atom. The van der Waals surface area contributed by atoms with E-state index in [1.807, 2.05) is 31.2 Å². The summed E-state index contributed by atoms with van der Waals surface area (Å²) in [4.78, 5) is 10.3. The van der Waals surface area contributed by atoms with E-state index in [0.29, 0.717) is 23.5 Å². The van der Waals surface area contributed by atoms with Crippen LogP contribution in [0.15, 0.2) is 41.4 Å². The first-order chi connectivity index (χ1) is 15.1. The minimum Gasteiger partial charge on any atom is -0.494 e. The van der Waals surface area contributed by atoms with Crippen molar-refractivity contribution in [1.29, 1.82) is 0 Å². The van der Waals surface area contributed by atoms with Crippen molar-refractivity contribution in [3.8, 4) is 17.4 Å². The molecule has 0 spiro atoms. The van der Waals surface area contributed by atoms with Crippen molar-refractivity contribution in [2.24, 2.45) is 4.99 Å². The summed E-state index contributed by atoms with van der Waals surface area (Å²) in [6.07, 6.45) is 0.671. The van der Waals surface area contributed by atoms with E-state index in [2.05, 4.69) is 22.0 Å². The van der Waals surface area contributed by atoms with Gasteiger partial charge in [-0.05, 0) is 30.2 Å². The lowest BCUT2D eigenvalue weighted by Crippen LogP contribution is -2.35. The highest BCUT2D eigenvalue weighted by Crippen LogP contribution is 2.37. The molecule has 2 heterocycles. The molecule has 0 aliphatic carbocycles. The molecule has 3 aromatic rings. The number of H-pyrrole nitrogens is 1. The number of rotatable bonds is 7. The molecule has 0 amide bonds. The summed E-state index contributed by atoms with van der Waals surface area (Å²) in [5, 5.41) is 11.5. The van der Waals surface area contributed by atoms with Gasteiger partial charge in [-0.2, -0.15) is 0 Å². The molecule has 0 atom stereocenters. The van der Waals surface area contributed by atoms with E-state index in [1.54, 1.807) is 14.2 Å². The zero-order valence-electron chi connectivity index (χ0n) is 18.3. The highest BCUT2D eigenvalue weighted by atomic mass is 16.5. The van der Waals surface area contributed by atoms with Gasteiger partial charge < -0.3 is 24.3 Å². The quantitative estimate of drug-likeness (QED) is 0.556. The molecule has 0 unspecified atom stereocenters. The van der Waals surface area contributed by atoms with Crippen LogP contribution in [0.3, 0.4) is 0 Å². The third-order valence-corrected chi connectivity index (χ3v) is 5.62. The Labute approximate surface area is 182 Å². The van der Waals surface area contributed by atoms with E-state index in [4.69, 9.17) is 19.2 Å². The molecule has 1 aliphatic rings. The summed E-state index contributed by atoms with van der Waals surface area (Å²) in [7, 11) is 3.19. The van der Waals surface area contributed by atoms with Gasteiger partial charge in [-0.15, -0.1) is 0 Å². The highest BCUT2D eigenvalue weighted by Gasteiger charge is 2.19. The Morgan fingerprint density at radius 3 is 2.42 bits per heavy atom. The standard InChI is InChI=1S/C24H29N3O4/c1-4-19(23-18-13-21(29-2)22(30-3)14-20(18)26-24(23)28)25-17-7-5-16(6-8-17)15-27-9-11-31-12-10-27/h5-8,13-14,26,28H,4,9-12,15H2,1-3H3. The molecule has 1 aromatic heterocycles. The van der Waals surface area contributed by atoms with Crippen LogP contribution in [0, 0.1) is 0 Å². The van der Waals surface area contributed by atoms with Gasteiger partial charge in [0.1, 0.15) is 0 Å². The molecule has 2 N–H and O–H groups in total. The van der Waals surface area contributed by atoms with Gasteiger partial charge in [-0.1, -0.05) is 19.1 Å². The lowest BCUT2D eigenvalue weighted by molar-refractivity contribution is 0.0342. The number of ether oxygens (including phenoxy) is 3. The number of methoxy groups -OCH3 is 2. The van der Waals surface area contributed by atoms with Crippen LogP contribution in [0.4, 0.5) is 5.69 Å². The van der Waals surface area contributed by atoms with Gasteiger partial charge in [0.2, 0.25) is 0 Å². The predicted octanol–water partition coefficient (Wildman–Crippen LogP) is 4.25. The molecule has 2 aromatic carbocycles. The lowest BCUT2D eigenvalue weighted by Gasteiger charge is -2.26. The molecule has 4 rings (SSSR count).